The second-order valence-corrected chi connectivity index (χ2v) is 3.77. The minimum Gasteiger partial charge on any atom is -0.496 e. The van der Waals surface area contributed by atoms with E-state index in [-0.39, 0.29) is 0 Å². The zero-order chi connectivity index (χ0) is 12.3. The van der Waals surface area contributed by atoms with Crippen LogP contribution in [0.4, 0.5) is 5.69 Å². The van der Waals surface area contributed by atoms with Gasteiger partial charge in [-0.15, -0.1) is 0 Å². The average molecular weight is 229 g/mol. The molecule has 3 N–H and O–H groups in total. The van der Waals surface area contributed by atoms with E-state index >= 15 is 0 Å². The number of methoxy groups -OCH3 is 1. The van der Waals surface area contributed by atoms with Gasteiger partial charge in [-0.05, 0) is 12.1 Å². The van der Waals surface area contributed by atoms with Crippen molar-refractivity contribution in [1.29, 1.82) is 0 Å². The third kappa shape index (κ3) is 2.24. The maximum atomic E-state index is 10.3. The molecule has 88 valence electrons. The number of nitrogens with two attached hydrogens (primary N) is 1. The van der Waals surface area contributed by atoms with E-state index in [1.807, 2.05) is 42.5 Å². The van der Waals surface area contributed by atoms with E-state index in [0.29, 0.717) is 22.6 Å². The van der Waals surface area contributed by atoms with Crippen LogP contribution in [0, 0.1) is 0 Å². The first-order valence-electron chi connectivity index (χ1n) is 5.39. The van der Waals surface area contributed by atoms with Crippen LogP contribution in [-0.2, 0) is 0 Å². The number of hydrogen-bond donors (Lipinski definition) is 2. The Morgan fingerprint density at radius 1 is 1.00 bits per heavy atom. The van der Waals surface area contributed by atoms with E-state index < -0.39 is 6.10 Å². The smallest absolute Gasteiger partial charge is 0.125 e. The fourth-order valence-corrected chi connectivity index (χ4v) is 1.82. The number of para-hydroxylation sites is 2. The first-order chi connectivity index (χ1) is 8.24. The van der Waals surface area contributed by atoms with Crippen molar-refractivity contribution in [2.75, 3.05) is 12.8 Å². The maximum absolute atomic E-state index is 10.3. The van der Waals surface area contributed by atoms with Crippen molar-refractivity contribution in [3.05, 3.63) is 59.7 Å². The Labute approximate surface area is 100 Å². The van der Waals surface area contributed by atoms with E-state index in [2.05, 4.69) is 0 Å². The molecule has 1 atom stereocenters. The van der Waals surface area contributed by atoms with Crippen molar-refractivity contribution < 1.29 is 9.84 Å². The number of nitrogen functional groups attached to an aromatic ring is 1. The Bertz CT molecular complexity index is 511. The van der Waals surface area contributed by atoms with Gasteiger partial charge in [-0.1, -0.05) is 36.4 Å². The van der Waals surface area contributed by atoms with Gasteiger partial charge in [-0.3, -0.25) is 0 Å². The minimum absolute atomic E-state index is 0.575. The lowest BCUT2D eigenvalue weighted by Crippen LogP contribution is -2.05. The molecule has 17 heavy (non-hydrogen) atoms. The number of hydrogen-bond acceptors (Lipinski definition) is 3. The molecule has 0 fully saturated rings. The molecule has 0 spiro atoms. The lowest BCUT2D eigenvalue weighted by atomic mass is 9.99. The molecule has 0 aliphatic rings. The van der Waals surface area contributed by atoms with E-state index in [0.717, 1.165) is 0 Å². The second-order valence-electron chi connectivity index (χ2n) is 3.77. The summed E-state index contributed by atoms with van der Waals surface area (Å²) in [6, 6.07) is 14.6. The molecule has 0 bridgehead atoms. The Balaban J connectivity index is 2.44. The van der Waals surface area contributed by atoms with E-state index in [1.54, 1.807) is 13.2 Å². The van der Waals surface area contributed by atoms with Crippen LogP contribution >= 0.6 is 0 Å². The largest absolute Gasteiger partial charge is 0.496 e. The van der Waals surface area contributed by atoms with E-state index in [4.69, 9.17) is 10.5 Å². The Morgan fingerprint density at radius 3 is 2.24 bits per heavy atom. The van der Waals surface area contributed by atoms with Crippen molar-refractivity contribution in [2.24, 2.45) is 0 Å². The highest BCUT2D eigenvalue weighted by atomic mass is 16.5. The standard InChI is InChI=1S/C14H15NO2/c1-17-13-9-5-3-7-11(13)14(16)10-6-2-4-8-12(10)15/h2-9,14,16H,15H2,1H3. The molecule has 2 aromatic carbocycles. The molecular weight excluding hydrogens is 214 g/mol. The van der Waals surface area contributed by atoms with Crippen LogP contribution in [0.1, 0.15) is 17.2 Å². The molecule has 2 rings (SSSR count). The minimum atomic E-state index is -0.771. The fourth-order valence-electron chi connectivity index (χ4n) is 1.82. The molecule has 0 aliphatic carbocycles. The molecule has 0 saturated carbocycles. The van der Waals surface area contributed by atoms with Crippen molar-refractivity contribution >= 4 is 5.69 Å². The number of anilines is 1. The van der Waals surface area contributed by atoms with Crippen LogP contribution in [0.2, 0.25) is 0 Å². The van der Waals surface area contributed by atoms with Crippen molar-refractivity contribution in [3.63, 3.8) is 0 Å². The van der Waals surface area contributed by atoms with Gasteiger partial charge < -0.3 is 15.6 Å². The second kappa shape index (κ2) is 4.89. The summed E-state index contributed by atoms with van der Waals surface area (Å²) in [5.41, 5.74) is 7.83. The van der Waals surface area contributed by atoms with Gasteiger partial charge in [0.05, 0.1) is 7.11 Å². The lowest BCUT2D eigenvalue weighted by molar-refractivity contribution is 0.215. The summed E-state index contributed by atoms with van der Waals surface area (Å²) in [5, 5.41) is 10.3. The molecule has 0 aliphatic heterocycles. The molecule has 0 radical (unpaired) electrons. The summed E-state index contributed by atoms with van der Waals surface area (Å²) in [4.78, 5) is 0. The van der Waals surface area contributed by atoms with Crippen LogP contribution in [0.25, 0.3) is 0 Å². The Morgan fingerprint density at radius 2 is 1.59 bits per heavy atom. The van der Waals surface area contributed by atoms with Gasteiger partial charge in [0.15, 0.2) is 0 Å². The van der Waals surface area contributed by atoms with Gasteiger partial charge in [0.2, 0.25) is 0 Å². The highest BCUT2D eigenvalue weighted by Gasteiger charge is 2.16. The predicted molar refractivity (Wildman–Crippen MR) is 67.9 cm³/mol. The third-order valence-electron chi connectivity index (χ3n) is 2.72. The van der Waals surface area contributed by atoms with E-state index in [9.17, 15) is 5.11 Å². The lowest BCUT2D eigenvalue weighted by Gasteiger charge is -2.16. The molecule has 0 saturated heterocycles. The molecule has 0 aromatic heterocycles. The van der Waals surface area contributed by atoms with Gasteiger partial charge in [0, 0.05) is 16.8 Å². The SMILES string of the molecule is COc1ccccc1C(O)c1ccccc1N. The van der Waals surface area contributed by atoms with Crippen LogP contribution in [-0.4, -0.2) is 12.2 Å². The number of rotatable bonds is 3. The molecule has 0 heterocycles. The van der Waals surface area contributed by atoms with Crippen LogP contribution in [0.15, 0.2) is 48.5 Å². The normalized spacial score (nSPS) is 12.1. The third-order valence-corrected chi connectivity index (χ3v) is 2.72. The monoisotopic (exact) mass is 229 g/mol. The highest BCUT2D eigenvalue weighted by Crippen LogP contribution is 2.32. The number of benzene rings is 2. The zero-order valence-corrected chi connectivity index (χ0v) is 9.63. The molecule has 3 nitrogen and oxygen atoms in total. The van der Waals surface area contributed by atoms with Crippen LogP contribution < -0.4 is 10.5 Å². The molecule has 2 aromatic rings. The van der Waals surface area contributed by atoms with Gasteiger partial charge in [-0.25, -0.2) is 0 Å². The molecule has 1 unspecified atom stereocenters. The molecular formula is C14H15NO2. The van der Waals surface area contributed by atoms with Crippen molar-refractivity contribution in [1.82, 2.24) is 0 Å². The summed E-state index contributed by atoms with van der Waals surface area (Å²) in [6.07, 6.45) is -0.771. The Hall–Kier alpha value is -2.00. The fraction of sp³-hybridized carbons (Fsp3) is 0.143. The number of ether oxygens (including phenoxy) is 1. The number of aliphatic hydroxyl groups excluding tert-OH is 1. The highest BCUT2D eigenvalue weighted by molar-refractivity contribution is 5.52. The van der Waals surface area contributed by atoms with E-state index in [1.165, 1.54) is 0 Å². The topological polar surface area (TPSA) is 55.5 Å². The first-order valence-corrected chi connectivity index (χ1v) is 5.39. The van der Waals surface area contributed by atoms with Gasteiger partial charge in [0.1, 0.15) is 11.9 Å². The van der Waals surface area contributed by atoms with Crippen molar-refractivity contribution in [2.45, 2.75) is 6.10 Å². The zero-order valence-electron chi connectivity index (χ0n) is 9.63. The maximum Gasteiger partial charge on any atom is 0.125 e. The van der Waals surface area contributed by atoms with Gasteiger partial charge >= 0.3 is 0 Å². The van der Waals surface area contributed by atoms with Crippen LogP contribution in [0.5, 0.6) is 5.75 Å². The summed E-state index contributed by atoms with van der Waals surface area (Å²) in [7, 11) is 1.58. The summed E-state index contributed by atoms with van der Waals surface area (Å²) in [6.45, 7) is 0. The average Bonchev–Trinajstić information content (AvgIpc) is 2.38. The van der Waals surface area contributed by atoms with Crippen LogP contribution in [0.3, 0.4) is 0 Å². The number of aliphatic hydroxyl groups is 1. The van der Waals surface area contributed by atoms with Gasteiger partial charge in [-0.2, -0.15) is 0 Å². The summed E-state index contributed by atoms with van der Waals surface area (Å²) >= 11 is 0. The molecule has 3 heteroatoms. The summed E-state index contributed by atoms with van der Waals surface area (Å²) in [5.74, 6) is 0.656. The molecule has 0 amide bonds. The Kier molecular flexibility index (Phi) is 3.30. The predicted octanol–water partition coefficient (Wildman–Crippen LogP) is 2.36. The van der Waals surface area contributed by atoms with Crippen molar-refractivity contribution in [3.8, 4) is 5.75 Å². The quantitative estimate of drug-likeness (QED) is 0.794. The van der Waals surface area contributed by atoms with Gasteiger partial charge in [0.25, 0.3) is 0 Å². The first kappa shape index (κ1) is 11.5. The summed E-state index contributed by atoms with van der Waals surface area (Å²) < 4.78 is 5.23.